The third kappa shape index (κ3) is 2.86. The van der Waals surface area contributed by atoms with Gasteiger partial charge in [-0.3, -0.25) is 9.78 Å². The Morgan fingerprint density at radius 3 is 2.65 bits per heavy atom. The summed E-state index contributed by atoms with van der Waals surface area (Å²) in [5.41, 5.74) is 1.76. The van der Waals surface area contributed by atoms with Gasteiger partial charge in [0.05, 0.1) is 16.4 Å². The number of rotatable bonds is 3. The first-order valence-corrected chi connectivity index (χ1v) is 11.2. The first-order chi connectivity index (χ1) is 14.8. The number of nitrogens with one attached hydrogen (secondary N) is 1. The molecule has 2 atom stereocenters. The van der Waals surface area contributed by atoms with Crippen LogP contribution in [0.2, 0.25) is 0 Å². The van der Waals surface area contributed by atoms with E-state index in [4.69, 9.17) is 0 Å². The number of aromatic hydroxyl groups is 1. The van der Waals surface area contributed by atoms with Gasteiger partial charge in [0.1, 0.15) is 11.5 Å². The van der Waals surface area contributed by atoms with Crippen molar-refractivity contribution in [2.75, 3.05) is 0 Å². The van der Waals surface area contributed by atoms with Gasteiger partial charge >= 0.3 is 0 Å². The van der Waals surface area contributed by atoms with Crippen LogP contribution in [-0.2, 0) is 5.54 Å². The predicted molar refractivity (Wildman–Crippen MR) is 116 cm³/mol. The monoisotopic (exact) mass is 417 g/mol. The molecule has 4 aliphatic rings. The quantitative estimate of drug-likeness (QED) is 0.679. The average molecular weight is 418 g/mol. The minimum Gasteiger partial charge on any atom is -0.494 e. The maximum Gasteiger partial charge on any atom is 0.270 e. The van der Waals surface area contributed by atoms with Crippen LogP contribution in [0.1, 0.15) is 60.5 Å². The van der Waals surface area contributed by atoms with Crippen molar-refractivity contribution in [3.05, 3.63) is 47.8 Å². The molecule has 4 bridgehead atoms. The lowest BCUT2D eigenvalue weighted by Gasteiger charge is -2.62. The molecule has 2 N–H and O–H groups in total. The summed E-state index contributed by atoms with van der Waals surface area (Å²) in [5.74, 6) is 1.88. The molecule has 4 saturated carbocycles. The van der Waals surface area contributed by atoms with Crippen LogP contribution in [0, 0.1) is 25.7 Å². The fourth-order valence-electron chi connectivity index (χ4n) is 7.07. The molecule has 1 amide bonds. The molecule has 7 heteroatoms. The first kappa shape index (κ1) is 18.8. The number of carbonyl (C=O) groups excluding carboxylic acids is 1. The molecule has 0 saturated heterocycles. The maximum absolute atomic E-state index is 13.1. The summed E-state index contributed by atoms with van der Waals surface area (Å²) in [7, 11) is 0. The number of carbonyl (C=O) groups is 1. The van der Waals surface area contributed by atoms with Gasteiger partial charge in [0.2, 0.25) is 5.88 Å². The molecule has 0 radical (unpaired) electrons. The second-order valence-electron chi connectivity index (χ2n) is 10.1. The molecule has 7 nitrogen and oxygen atoms in total. The minimum absolute atomic E-state index is 0.123. The van der Waals surface area contributed by atoms with Crippen LogP contribution < -0.4 is 5.32 Å². The topological polar surface area (TPSA) is 92.9 Å². The minimum atomic E-state index is -0.258. The van der Waals surface area contributed by atoms with Crippen LogP contribution in [0.5, 0.6) is 5.88 Å². The number of pyridine rings is 1. The van der Waals surface area contributed by atoms with E-state index in [9.17, 15) is 9.90 Å². The van der Waals surface area contributed by atoms with Crippen molar-refractivity contribution in [3.8, 4) is 5.88 Å². The van der Waals surface area contributed by atoms with Gasteiger partial charge in [0.25, 0.3) is 5.91 Å². The van der Waals surface area contributed by atoms with E-state index in [1.165, 1.54) is 6.42 Å². The van der Waals surface area contributed by atoms with Gasteiger partial charge in [0.15, 0.2) is 0 Å². The maximum atomic E-state index is 13.1. The summed E-state index contributed by atoms with van der Waals surface area (Å²) in [5, 5.41) is 15.3. The van der Waals surface area contributed by atoms with Gasteiger partial charge < -0.3 is 15.0 Å². The van der Waals surface area contributed by atoms with Gasteiger partial charge in [-0.1, -0.05) is 0 Å². The highest BCUT2D eigenvalue weighted by Crippen LogP contribution is 2.61. The van der Waals surface area contributed by atoms with Gasteiger partial charge in [-0.25, -0.2) is 9.97 Å². The highest BCUT2D eigenvalue weighted by atomic mass is 16.3. The normalized spacial score (nSPS) is 31.3. The van der Waals surface area contributed by atoms with E-state index in [0.29, 0.717) is 29.2 Å². The van der Waals surface area contributed by atoms with Gasteiger partial charge in [-0.2, -0.15) is 0 Å². The molecule has 4 aliphatic carbocycles. The SMILES string of the molecule is Cc1ccc2c(O)n(C34CC5CC(CC(NC(=O)c6ccnc(C)n6)(C5)C3)C4)cc2n1. The van der Waals surface area contributed by atoms with E-state index in [-0.39, 0.29) is 17.0 Å². The Morgan fingerprint density at radius 2 is 1.90 bits per heavy atom. The molecule has 4 fully saturated rings. The molecule has 0 spiro atoms. The van der Waals surface area contributed by atoms with E-state index in [2.05, 4.69) is 24.8 Å². The number of amides is 1. The summed E-state index contributed by atoms with van der Waals surface area (Å²) >= 11 is 0. The third-order valence-corrected chi connectivity index (χ3v) is 7.71. The standard InChI is InChI=1S/C24H27N5O2/c1-14-3-4-18-20(26-14)12-29(22(18)31)24-10-16-7-17(11-24)9-23(8-16,13-24)28-21(30)19-5-6-25-15(2)27-19/h3-6,12,16-17,31H,7-11,13H2,1-2H3,(H,28,30). The molecule has 160 valence electrons. The van der Waals surface area contributed by atoms with Gasteiger partial charge in [-0.15, -0.1) is 0 Å². The zero-order valence-corrected chi connectivity index (χ0v) is 17.9. The zero-order valence-electron chi connectivity index (χ0n) is 17.9. The lowest BCUT2D eigenvalue weighted by molar-refractivity contribution is -0.0708. The molecule has 3 aromatic rings. The van der Waals surface area contributed by atoms with E-state index < -0.39 is 0 Å². The molecule has 0 aromatic carbocycles. The Hall–Kier alpha value is -2.96. The largest absolute Gasteiger partial charge is 0.494 e. The Kier molecular flexibility index (Phi) is 3.80. The zero-order chi connectivity index (χ0) is 21.4. The Labute approximate surface area is 180 Å². The number of nitrogens with zero attached hydrogens (tertiary/aromatic N) is 4. The van der Waals surface area contributed by atoms with E-state index in [0.717, 1.165) is 48.7 Å². The van der Waals surface area contributed by atoms with Crippen LogP contribution in [0.3, 0.4) is 0 Å². The summed E-state index contributed by atoms with van der Waals surface area (Å²) in [4.78, 5) is 26.2. The third-order valence-electron chi connectivity index (χ3n) is 7.71. The molecular weight excluding hydrogens is 390 g/mol. The predicted octanol–water partition coefficient (Wildman–Crippen LogP) is 3.63. The highest BCUT2D eigenvalue weighted by molar-refractivity contribution is 5.92. The second kappa shape index (κ2) is 6.28. The number of aromatic nitrogens is 4. The molecular formula is C24H27N5O2. The average Bonchev–Trinajstić information content (AvgIpc) is 3.03. The van der Waals surface area contributed by atoms with Crippen molar-refractivity contribution >= 4 is 16.8 Å². The molecule has 3 heterocycles. The van der Waals surface area contributed by atoms with Crippen molar-refractivity contribution in [2.45, 2.75) is 63.5 Å². The Morgan fingerprint density at radius 1 is 1.13 bits per heavy atom. The van der Waals surface area contributed by atoms with Crippen LogP contribution in [0.15, 0.2) is 30.6 Å². The smallest absolute Gasteiger partial charge is 0.270 e. The second-order valence-corrected chi connectivity index (χ2v) is 10.1. The molecule has 7 rings (SSSR count). The summed E-state index contributed by atoms with van der Waals surface area (Å²) in [6.07, 6.45) is 9.79. The van der Waals surface area contributed by atoms with Crippen LogP contribution in [-0.4, -0.2) is 36.1 Å². The van der Waals surface area contributed by atoms with Crippen molar-refractivity contribution in [2.24, 2.45) is 11.8 Å². The molecule has 2 unspecified atom stereocenters. The first-order valence-electron chi connectivity index (χ1n) is 11.2. The van der Waals surface area contributed by atoms with Crippen LogP contribution in [0.25, 0.3) is 10.9 Å². The Balaban J connectivity index is 1.38. The van der Waals surface area contributed by atoms with Crippen molar-refractivity contribution in [1.82, 2.24) is 24.8 Å². The molecule has 31 heavy (non-hydrogen) atoms. The lowest BCUT2D eigenvalue weighted by atomic mass is 9.49. The number of fused-ring (bicyclic) bond motifs is 1. The lowest BCUT2D eigenvalue weighted by Crippen LogP contribution is -2.65. The molecule has 3 aromatic heterocycles. The van der Waals surface area contributed by atoms with E-state index >= 15 is 0 Å². The van der Waals surface area contributed by atoms with Crippen LogP contribution in [0.4, 0.5) is 0 Å². The summed E-state index contributed by atoms with van der Waals surface area (Å²) < 4.78 is 2.08. The van der Waals surface area contributed by atoms with Crippen molar-refractivity contribution < 1.29 is 9.90 Å². The summed E-state index contributed by atoms with van der Waals surface area (Å²) in [6.45, 7) is 3.77. The molecule has 0 aliphatic heterocycles. The van der Waals surface area contributed by atoms with E-state index in [1.807, 2.05) is 25.3 Å². The number of hydrogen-bond donors (Lipinski definition) is 2. The fourth-order valence-corrected chi connectivity index (χ4v) is 7.07. The number of hydrogen-bond acceptors (Lipinski definition) is 5. The summed E-state index contributed by atoms with van der Waals surface area (Å²) in [6, 6.07) is 5.58. The Bertz CT molecular complexity index is 1200. The van der Waals surface area contributed by atoms with Gasteiger partial charge in [-0.05, 0) is 82.4 Å². The fraction of sp³-hybridized carbons (Fsp3) is 0.500. The van der Waals surface area contributed by atoms with E-state index in [1.54, 1.807) is 19.2 Å². The highest BCUT2D eigenvalue weighted by Gasteiger charge is 2.59. The number of aryl methyl sites for hydroxylation is 2. The van der Waals surface area contributed by atoms with Crippen LogP contribution >= 0.6 is 0 Å². The van der Waals surface area contributed by atoms with Crippen molar-refractivity contribution in [1.29, 1.82) is 0 Å². The van der Waals surface area contributed by atoms with Gasteiger partial charge in [0, 0.05) is 23.6 Å². The van der Waals surface area contributed by atoms with Crippen molar-refractivity contribution in [3.63, 3.8) is 0 Å².